The number of aromatic nitrogens is 2. The molecule has 0 aliphatic carbocycles. The number of carboxylic acid groups (broad SMARTS) is 2. The van der Waals surface area contributed by atoms with Crippen molar-refractivity contribution >= 4 is 41.6 Å². The standard InChI is InChI=1S/C33H42N4O7S/c1-14-19(6-8-28(39)40)24(34-21(14)10-23-16(3)30(18(5)38)33(44)36-23)12-25-20(7-9-29(41)42)15(2)22(35-25)11-26-31(27-13-45-27)17(4)32(43)37-26/h11,17-18,23,27,31,34-35,38H,6-10,12-13H2,1-5H3,(H,36,44)(H,37,43)(H,39,40)(H,41,42)/b26-11-/t17-,18-,23-,27-,31-/m1/s1. The number of amides is 2. The summed E-state index contributed by atoms with van der Waals surface area (Å²) >= 11 is 1.84. The maximum absolute atomic E-state index is 12.6. The smallest absolute Gasteiger partial charge is 0.303 e. The minimum absolute atomic E-state index is 0.0100. The molecule has 0 unspecified atom stereocenters. The largest absolute Gasteiger partial charge is 0.481 e. The number of carbonyl (C=O) groups is 4. The highest BCUT2D eigenvalue weighted by molar-refractivity contribution is 8.06. The van der Waals surface area contributed by atoms with E-state index in [2.05, 4.69) is 20.6 Å². The molecule has 7 N–H and O–H groups in total. The lowest BCUT2D eigenvalue weighted by Gasteiger charge is -2.12. The first-order chi connectivity index (χ1) is 21.3. The molecule has 5 atom stereocenters. The second-order valence-electron chi connectivity index (χ2n) is 12.5. The molecule has 0 saturated carbocycles. The van der Waals surface area contributed by atoms with Gasteiger partial charge in [-0.25, -0.2) is 0 Å². The van der Waals surface area contributed by atoms with Crippen molar-refractivity contribution in [2.45, 2.75) is 90.5 Å². The average Bonchev–Trinajstić information content (AvgIpc) is 3.52. The number of aromatic amines is 2. The van der Waals surface area contributed by atoms with Crippen molar-refractivity contribution in [2.24, 2.45) is 11.8 Å². The molecule has 3 aliphatic heterocycles. The molecule has 242 valence electrons. The minimum atomic E-state index is -0.908. The molecule has 2 saturated heterocycles. The van der Waals surface area contributed by atoms with Gasteiger partial charge in [-0.1, -0.05) is 6.92 Å². The number of nitrogens with one attached hydrogen (secondary N) is 4. The number of hydrogen-bond donors (Lipinski definition) is 7. The fourth-order valence-corrected chi connectivity index (χ4v) is 7.84. The van der Waals surface area contributed by atoms with Gasteiger partial charge in [-0.2, -0.15) is 11.8 Å². The number of hydrogen-bond acceptors (Lipinski definition) is 6. The summed E-state index contributed by atoms with van der Waals surface area (Å²) < 4.78 is 0. The molecule has 5 rings (SSSR count). The predicted molar refractivity (Wildman–Crippen MR) is 171 cm³/mol. The van der Waals surface area contributed by atoms with Gasteiger partial charge in [0.25, 0.3) is 0 Å². The van der Waals surface area contributed by atoms with E-state index in [9.17, 15) is 34.5 Å². The molecule has 0 bridgehead atoms. The second kappa shape index (κ2) is 12.9. The Labute approximate surface area is 266 Å². The lowest BCUT2D eigenvalue weighted by Crippen LogP contribution is -2.31. The fraction of sp³-hybridized carbons (Fsp3) is 0.515. The molecular weight excluding hydrogens is 596 g/mol. The lowest BCUT2D eigenvalue weighted by molar-refractivity contribution is -0.138. The van der Waals surface area contributed by atoms with Crippen LogP contribution in [0.5, 0.6) is 0 Å². The molecule has 0 radical (unpaired) electrons. The summed E-state index contributed by atoms with van der Waals surface area (Å²) in [6.45, 7) is 9.26. The molecule has 2 aromatic rings. The highest BCUT2D eigenvalue weighted by Crippen LogP contribution is 2.46. The minimum Gasteiger partial charge on any atom is -0.481 e. The van der Waals surface area contributed by atoms with Gasteiger partial charge in [-0.3, -0.25) is 19.2 Å². The second-order valence-corrected chi connectivity index (χ2v) is 13.8. The first kappa shape index (κ1) is 32.6. The number of aliphatic hydroxyl groups is 1. The van der Waals surface area contributed by atoms with E-state index < -0.39 is 18.0 Å². The van der Waals surface area contributed by atoms with Crippen LogP contribution in [0.25, 0.3) is 6.08 Å². The van der Waals surface area contributed by atoms with Gasteiger partial charge in [0.1, 0.15) is 0 Å². The Morgan fingerprint density at radius 3 is 2.13 bits per heavy atom. The van der Waals surface area contributed by atoms with E-state index in [4.69, 9.17) is 0 Å². The maximum Gasteiger partial charge on any atom is 0.303 e. The van der Waals surface area contributed by atoms with Crippen molar-refractivity contribution in [1.29, 1.82) is 0 Å². The molecule has 0 aromatic carbocycles. The van der Waals surface area contributed by atoms with Gasteiger partial charge < -0.3 is 35.9 Å². The number of allylic oxidation sites excluding steroid dienone is 1. The predicted octanol–water partition coefficient (Wildman–Crippen LogP) is 3.16. The maximum atomic E-state index is 12.6. The molecular formula is C33H42N4O7S. The quantitative estimate of drug-likeness (QED) is 0.163. The summed E-state index contributed by atoms with van der Waals surface area (Å²) in [5, 5.41) is 35.5. The molecule has 12 heteroatoms. The number of aliphatic carboxylic acids is 2. The van der Waals surface area contributed by atoms with Gasteiger partial charge in [0.15, 0.2) is 0 Å². The lowest BCUT2D eigenvalue weighted by atomic mass is 9.91. The zero-order valence-corrected chi connectivity index (χ0v) is 27.1. The van der Waals surface area contributed by atoms with Crippen molar-refractivity contribution in [3.8, 4) is 0 Å². The Bertz CT molecular complexity index is 1610. The van der Waals surface area contributed by atoms with Crippen molar-refractivity contribution in [3.63, 3.8) is 0 Å². The van der Waals surface area contributed by atoms with Crippen LogP contribution in [0.1, 0.15) is 78.6 Å². The van der Waals surface area contributed by atoms with Crippen LogP contribution in [0.4, 0.5) is 0 Å². The first-order valence-corrected chi connectivity index (χ1v) is 16.5. The van der Waals surface area contributed by atoms with Crippen LogP contribution in [-0.4, -0.2) is 72.2 Å². The molecule has 5 heterocycles. The normalized spacial score (nSPS) is 24.4. The number of carbonyl (C=O) groups excluding carboxylic acids is 2. The van der Waals surface area contributed by atoms with Gasteiger partial charge in [-0.15, -0.1) is 0 Å². The Hall–Kier alpha value is -3.77. The highest BCUT2D eigenvalue weighted by Gasteiger charge is 2.45. The summed E-state index contributed by atoms with van der Waals surface area (Å²) in [4.78, 5) is 55.3. The number of H-pyrrole nitrogens is 2. The van der Waals surface area contributed by atoms with Crippen LogP contribution in [0, 0.1) is 25.7 Å². The third-order valence-corrected chi connectivity index (χ3v) is 10.6. The van der Waals surface area contributed by atoms with Crippen molar-refractivity contribution in [3.05, 3.63) is 61.9 Å². The third-order valence-electron chi connectivity index (χ3n) is 9.57. The van der Waals surface area contributed by atoms with Crippen molar-refractivity contribution < 1.29 is 34.5 Å². The topological polar surface area (TPSA) is 185 Å². The van der Waals surface area contributed by atoms with Crippen LogP contribution in [0.3, 0.4) is 0 Å². The van der Waals surface area contributed by atoms with E-state index in [-0.39, 0.29) is 42.5 Å². The molecule has 2 fully saturated rings. The van der Waals surface area contributed by atoms with E-state index in [1.54, 1.807) is 6.92 Å². The number of rotatable bonds is 13. The van der Waals surface area contributed by atoms with E-state index in [0.29, 0.717) is 36.5 Å². The number of aliphatic hydroxyl groups excluding tert-OH is 1. The Kier molecular flexibility index (Phi) is 9.36. The molecule has 3 aliphatic rings. The summed E-state index contributed by atoms with van der Waals surface area (Å²) in [5.74, 6) is -1.07. The SMILES string of the molecule is CC1=C([C@@H](C)O)C(=O)N[C@@H]1Cc1[nH]c(Cc2[nH]c(/C=C3\NC(=O)[C@H](C)[C@H]3[C@H]3CS3)c(C)c2CCC(=O)O)c(CCC(=O)O)c1C. The van der Waals surface area contributed by atoms with Crippen LogP contribution in [-0.2, 0) is 44.9 Å². The van der Waals surface area contributed by atoms with Crippen LogP contribution in [0.2, 0.25) is 0 Å². The number of thioether (sulfide) groups is 1. The van der Waals surface area contributed by atoms with Crippen molar-refractivity contribution in [1.82, 2.24) is 20.6 Å². The van der Waals surface area contributed by atoms with Crippen LogP contribution < -0.4 is 10.6 Å². The van der Waals surface area contributed by atoms with E-state index in [1.165, 1.54) is 0 Å². The summed E-state index contributed by atoms with van der Waals surface area (Å²) in [5.41, 5.74) is 9.00. The summed E-state index contributed by atoms with van der Waals surface area (Å²) in [7, 11) is 0. The van der Waals surface area contributed by atoms with E-state index >= 15 is 0 Å². The monoisotopic (exact) mass is 638 g/mol. The summed E-state index contributed by atoms with van der Waals surface area (Å²) in [6, 6.07) is -0.307. The molecule has 11 nitrogen and oxygen atoms in total. The van der Waals surface area contributed by atoms with Gasteiger partial charge in [0.05, 0.1) is 12.1 Å². The third kappa shape index (κ3) is 6.76. The van der Waals surface area contributed by atoms with Crippen LogP contribution in [0.15, 0.2) is 16.8 Å². The first-order valence-electron chi connectivity index (χ1n) is 15.4. The van der Waals surface area contributed by atoms with Crippen LogP contribution >= 0.6 is 11.8 Å². The van der Waals surface area contributed by atoms with Crippen molar-refractivity contribution in [2.75, 3.05) is 5.75 Å². The van der Waals surface area contributed by atoms with E-state index in [1.807, 2.05) is 45.5 Å². The summed E-state index contributed by atoms with van der Waals surface area (Å²) in [6.07, 6.45) is 2.47. The Balaban J connectivity index is 1.51. The number of carboxylic acids is 2. The molecule has 2 aromatic heterocycles. The Morgan fingerprint density at radius 1 is 0.978 bits per heavy atom. The zero-order chi connectivity index (χ0) is 32.7. The van der Waals surface area contributed by atoms with Gasteiger partial charge >= 0.3 is 11.9 Å². The van der Waals surface area contributed by atoms with Gasteiger partial charge in [0.2, 0.25) is 11.8 Å². The average molecular weight is 639 g/mol. The molecule has 0 spiro atoms. The van der Waals surface area contributed by atoms with Gasteiger partial charge in [-0.05, 0) is 74.4 Å². The highest BCUT2D eigenvalue weighted by atomic mass is 32.2. The van der Waals surface area contributed by atoms with E-state index in [0.717, 1.165) is 62.1 Å². The Morgan fingerprint density at radius 2 is 1.58 bits per heavy atom. The fourth-order valence-electron chi connectivity index (χ4n) is 6.93. The molecule has 45 heavy (non-hydrogen) atoms. The van der Waals surface area contributed by atoms with Gasteiger partial charge in [0, 0.05) is 82.6 Å². The molecule has 2 amide bonds. The zero-order valence-electron chi connectivity index (χ0n) is 26.3.